The second-order valence-electron chi connectivity index (χ2n) is 4.21. The molecule has 0 fully saturated rings. The van der Waals surface area contributed by atoms with Crippen LogP contribution in [0, 0.1) is 0 Å². The summed E-state index contributed by atoms with van der Waals surface area (Å²) in [4.78, 5) is 0. The van der Waals surface area contributed by atoms with Crippen LogP contribution in [-0.4, -0.2) is 13.7 Å². The standard InChI is InChI=1S/C15H18ClNO3/c1-3-19-15-8-13(16)11(7-14(15)18-2)9-17-10-12-5-4-6-20-12/h4-8,17H,3,9-10H2,1-2H3. The zero-order valence-electron chi connectivity index (χ0n) is 11.6. The van der Waals surface area contributed by atoms with Gasteiger partial charge in [0, 0.05) is 17.6 Å². The molecule has 1 N–H and O–H groups in total. The molecule has 0 bridgehead atoms. The van der Waals surface area contributed by atoms with Crippen LogP contribution >= 0.6 is 11.6 Å². The van der Waals surface area contributed by atoms with Gasteiger partial charge in [-0.1, -0.05) is 11.6 Å². The van der Waals surface area contributed by atoms with Crippen molar-refractivity contribution >= 4 is 11.6 Å². The zero-order valence-corrected chi connectivity index (χ0v) is 12.4. The van der Waals surface area contributed by atoms with E-state index in [1.54, 1.807) is 19.4 Å². The van der Waals surface area contributed by atoms with E-state index in [-0.39, 0.29) is 0 Å². The van der Waals surface area contributed by atoms with Gasteiger partial charge >= 0.3 is 0 Å². The van der Waals surface area contributed by atoms with Crippen molar-refractivity contribution in [1.82, 2.24) is 5.32 Å². The molecule has 0 aliphatic carbocycles. The lowest BCUT2D eigenvalue weighted by atomic mass is 10.2. The average molecular weight is 296 g/mol. The topological polar surface area (TPSA) is 43.6 Å². The van der Waals surface area contributed by atoms with Crippen LogP contribution in [0.2, 0.25) is 5.02 Å². The number of hydrogen-bond acceptors (Lipinski definition) is 4. The molecular formula is C15H18ClNO3. The third-order valence-electron chi connectivity index (χ3n) is 2.83. The molecule has 0 atom stereocenters. The fraction of sp³-hybridized carbons (Fsp3) is 0.333. The minimum absolute atomic E-state index is 0.572. The van der Waals surface area contributed by atoms with Crippen LogP contribution in [0.1, 0.15) is 18.2 Å². The van der Waals surface area contributed by atoms with E-state index in [1.807, 2.05) is 25.1 Å². The molecule has 2 aromatic rings. The Morgan fingerprint density at radius 3 is 2.75 bits per heavy atom. The molecule has 0 unspecified atom stereocenters. The monoisotopic (exact) mass is 295 g/mol. The van der Waals surface area contributed by atoms with E-state index in [2.05, 4.69) is 5.32 Å². The van der Waals surface area contributed by atoms with Gasteiger partial charge in [0.15, 0.2) is 11.5 Å². The van der Waals surface area contributed by atoms with E-state index in [9.17, 15) is 0 Å². The lowest BCUT2D eigenvalue weighted by Crippen LogP contribution is -2.12. The summed E-state index contributed by atoms with van der Waals surface area (Å²) in [5.41, 5.74) is 0.957. The Balaban J connectivity index is 2.03. The zero-order chi connectivity index (χ0) is 14.4. The van der Waals surface area contributed by atoms with Gasteiger partial charge < -0.3 is 19.2 Å². The lowest BCUT2D eigenvalue weighted by Gasteiger charge is -2.13. The second kappa shape index (κ2) is 7.22. The molecule has 1 aromatic heterocycles. The van der Waals surface area contributed by atoms with Crippen molar-refractivity contribution in [3.8, 4) is 11.5 Å². The molecule has 0 saturated carbocycles. The van der Waals surface area contributed by atoms with Crippen LogP contribution < -0.4 is 14.8 Å². The Morgan fingerprint density at radius 1 is 1.25 bits per heavy atom. The Labute approximate surface area is 123 Å². The van der Waals surface area contributed by atoms with Crippen molar-refractivity contribution in [3.63, 3.8) is 0 Å². The van der Waals surface area contributed by atoms with Gasteiger partial charge in [-0.3, -0.25) is 0 Å². The maximum Gasteiger partial charge on any atom is 0.162 e. The molecule has 0 radical (unpaired) electrons. The van der Waals surface area contributed by atoms with Gasteiger partial charge in [0.05, 0.1) is 26.5 Å². The van der Waals surface area contributed by atoms with E-state index < -0.39 is 0 Å². The molecule has 2 rings (SSSR count). The predicted octanol–water partition coefficient (Wildman–Crippen LogP) is 3.63. The van der Waals surface area contributed by atoms with E-state index in [0.29, 0.717) is 36.2 Å². The van der Waals surface area contributed by atoms with Crippen LogP contribution in [-0.2, 0) is 13.1 Å². The molecule has 1 heterocycles. The molecule has 0 spiro atoms. The maximum absolute atomic E-state index is 6.26. The van der Waals surface area contributed by atoms with Crippen molar-refractivity contribution < 1.29 is 13.9 Å². The Bertz CT molecular complexity index is 540. The fourth-order valence-corrected chi connectivity index (χ4v) is 2.09. The highest BCUT2D eigenvalue weighted by molar-refractivity contribution is 6.31. The first-order valence-corrected chi connectivity index (χ1v) is 6.84. The van der Waals surface area contributed by atoms with Gasteiger partial charge in [-0.25, -0.2) is 0 Å². The van der Waals surface area contributed by atoms with Crippen molar-refractivity contribution in [3.05, 3.63) is 46.9 Å². The van der Waals surface area contributed by atoms with Gasteiger partial charge in [-0.05, 0) is 30.7 Å². The number of halogens is 1. The van der Waals surface area contributed by atoms with E-state index >= 15 is 0 Å². The minimum atomic E-state index is 0.572. The van der Waals surface area contributed by atoms with Crippen molar-refractivity contribution in [2.24, 2.45) is 0 Å². The SMILES string of the molecule is CCOc1cc(Cl)c(CNCc2ccco2)cc1OC. The molecular weight excluding hydrogens is 278 g/mol. The summed E-state index contributed by atoms with van der Waals surface area (Å²) in [6, 6.07) is 7.47. The first kappa shape index (κ1) is 14.8. The van der Waals surface area contributed by atoms with Gasteiger partial charge in [0.2, 0.25) is 0 Å². The Morgan fingerprint density at radius 2 is 2.10 bits per heavy atom. The van der Waals surface area contributed by atoms with Crippen LogP contribution in [0.5, 0.6) is 11.5 Å². The molecule has 20 heavy (non-hydrogen) atoms. The first-order chi connectivity index (χ1) is 9.74. The van der Waals surface area contributed by atoms with E-state index in [0.717, 1.165) is 11.3 Å². The van der Waals surface area contributed by atoms with E-state index in [1.165, 1.54) is 0 Å². The molecule has 0 amide bonds. The normalized spacial score (nSPS) is 10.6. The molecule has 0 saturated heterocycles. The van der Waals surface area contributed by atoms with Gasteiger partial charge in [-0.2, -0.15) is 0 Å². The second-order valence-corrected chi connectivity index (χ2v) is 4.62. The summed E-state index contributed by atoms with van der Waals surface area (Å²) in [5, 5.41) is 3.93. The van der Waals surface area contributed by atoms with E-state index in [4.69, 9.17) is 25.5 Å². The smallest absolute Gasteiger partial charge is 0.162 e. The quantitative estimate of drug-likeness (QED) is 0.847. The predicted molar refractivity (Wildman–Crippen MR) is 78.4 cm³/mol. The Kier molecular flexibility index (Phi) is 5.32. The summed E-state index contributed by atoms with van der Waals surface area (Å²) < 4.78 is 16.1. The van der Waals surface area contributed by atoms with Crippen molar-refractivity contribution in [1.29, 1.82) is 0 Å². The highest BCUT2D eigenvalue weighted by atomic mass is 35.5. The highest BCUT2D eigenvalue weighted by Gasteiger charge is 2.10. The number of methoxy groups -OCH3 is 1. The summed E-state index contributed by atoms with van der Waals surface area (Å²) in [6.07, 6.45) is 1.66. The number of rotatable bonds is 7. The number of ether oxygens (including phenoxy) is 2. The fourth-order valence-electron chi connectivity index (χ4n) is 1.87. The van der Waals surface area contributed by atoms with Crippen LogP contribution in [0.15, 0.2) is 34.9 Å². The number of hydrogen-bond donors (Lipinski definition) is 1. The average Bonchev–Trinajstić information content (AvgIpc) is 2.94. The minimum Gasteiger partial charge on any atom is -0.493 e. The lowest BCUT2D eigenvalue weighted by molar-refractivity contribution is 0.310. The molecule has 0 aliphatic rings. The van der Waals surface area contributed by atoms with Gasteiger partial charge in [0.1, 0.15) is 5.76 Å². The number of furan rings is 1. The summed E-state index contributed by atoms with van der Waals surface area (Å²) in [6.45, 7) is 3.77. The van der Waals surface area contributed by atoms with Crippen LogP contribution in [0.3, 0.4) is 0 Å². The molecule has 108 valence electrons. The van der Waals surface area contributed by atoms with Crippen LogP contribution in [0.25, 0.3) is 0 Å². The molecule has 0 aliphatic heterocycles. The molecule has 4 nitrogen and oxygen atoms in total. The summed E-state index contributed by atoms with van der Waals surface area (Å²) in [5.74, 6) is 2.24. The number of nitrogens with one attached hydrogen (secondary N) is 1. The largest absolute Gasteiger partial charge is 0.493 e. The molecule has 5 heteroatoms. The third-order valence-corrected chi connectivity index (χ3v) is 3.18. The third kappa shape index (κ3) is 3.68. The Hall–Kier alpha value is -1.65. The van der Waals surface area contributed by atoms with Crippen molar-refractivity contribution in [2.45, 2.75) is 20.0 Å². The van der Waals surface area contributed by atoms with Crippen LogP contribution in [0.4, 0.5) is 0 Å². The highest BCUT2D eigenvalue weighted by Crippen LogP contribution is 2.33. The number of benzene rings is 1. The first-order valence-electron chi connectivity index (χ1n) is 6.47. The van der Waals surface area contributed by atoms with Gasteiger partial charge in [0.25, 0.3) is 0 Å². The summed E-state index contributed by atoms with van der Waals surface area (Å²) >= 11 is 6.26. The molecule has 1 aromatic carbocycles. The van der Waals surface area contributed by atoms with Crippen molar-refractivity contribution in [2.75, 3.05) is 13.7 Å². The van der Waals surface area contributed by atoms with Gasteiger partial charge in [-0.15, -0.1) is 0 Å². The maximum atomic E-state index is 6.26. The summed E-state index contributed by atoms with van der Waals surface area (Å²) in [7, 11) is 1.62.